The summed E-state index contributed by atoms with van der Waals surface area (Å²) < 4.78 is 0.990. The fourth-order valence-corrected chi connectivity index (χ4v) is 3.77. The van der Waals surface area contributed by atoms with Gasteiger partial charge in [-0.25, -0.2) is 0 Å². The summed E-state index contributed by atoms with van der Waals surface area (Å²) in [5, 5.41) is 14.4. The predicted octanol–water partition coefficient (Wildman–Crippen LogP) is 4.31. The highest BCUT2D eigenvalue weighted by molar-refractivity contribution is 9.10. The average molecular weight is 310 g/mol. The van der Waals surface area contributed by atoms with E-state index >= 15 is 0 Å². The van der Waals surface area contributed by atoms with E-state index in [4.69, 9.17) is 11.6 Å². The largest absolute Gasteiger partial charge is 0.382 e. The van der Waals surface area contributed by atoms with Crippen LogP contribution in [0.25, 0.3) is 0 Å². The number of thiophene rings is 2. The van der Waals surface area contributed by atoms with Gasteiger partial charge >= 0.3 is 0 Å². The summed E-state index contributed by atoms with van der Waals surface area (Å²) >= 11 is 12.3. The summed E-state index contributed by atoms with van der Waals surface area (Å²) in [5.74, 6) is 0. The lowest BCUT2D eigenvalue weighted by Gasteiger charge is -2.05. The van der Waals surface area contributed by atoms with Crippen LogP contribution in [0.1, 0.15) is 15.9 Å². The SMILES string of the molecule is OC(c1cc(Br)cs1)c1sccc1Cl. The standard InChI is InChI=1S/C9H6BrClOS2/c10-5-3-7(14-4-5)8(12)9-6(11)1-2-13-9/h1-4,8,12H. The van der Waals surface area contributed by atoms with Gasteiger partial charge in [0.1, 0.15) is 6.10 Å². The first-order valence-electron chi connectivity index (χ1n) is 3.83. The molecule has 0 aliphatic carbocycles. The summed E-state index contributed by atoms with van der Waals surface area (Å²) in [6.07, 6.45) is -0.598. The number of aliphatic hydroxyl groups is 1. The van der Waals surface area contributed by atoms with Gasteiger partial charge in [-0.05, 0) is 33.4 Å². The molecule has 1 atom stereocenters. The van der Waals surface area contributed by atoms with Gasteiger partial charge in [-0.2, -0.15) is 0 Å². The molecule has 2 aromatic heterocycles. The van der Waals surface area contributed by atoms with Gasteiger partial charge in [0, 0.05) is 14.7 Å². The van der Waals surface area contributed by atoms with Gasteiger partial charge in [0.2, 0.25) is 0 Å². The monoisotopic (exact) mass is 308 g/mol. The summed E-state index contributed by atoms with van der Waals surface area (Å²) in [6.45, 7) is 0. The molecule has 0 spiro atoms. The highest BCUT2D eigenvalue weighted by Gasteiger charge is 2.16. The molecule has 1 N–H and O–H groups in total. The molecule has 0 saturated carbocycles. The molecule has 1 nitrogen and oxygen atoms in total. The van der Waals surface area contributed by atoms with E-state index in [9.17, 15) is 5.11 Å². The highest BCUT2D eigenvalue weighted by atomic mass is 79.9. The molecule has 0 saturated heterocycles. The Kier molecular flexibility index (Phi) is 3.29. The molecule has 1 unspecified atom stereocenters. The van der Waals surface area contributed by atoms with Crippen LogP contribution in [0.5, 0.6) is 0 Å². The van der Waals surface area contributed by atoms with E-state index in [-0.39, 0.29) is 0 Å². The third kappa shape index (κ3) is 2.04. The molecule has 2 rings (SSSR count). The molecule has 0 radical (unpaired) electrons. The molecule has 0 aliphatic rings. The molecule has 74 valence electrons. The Morgan fingerprint density at radius 1 is 1.43 bits per heavy atom. The number of aliphatic hydroxyl groups excluding tert-OH is 1. The highest BCUT2D eigenvalue weighted by Crippen LogP contribution is 2.36. The molecule has 0 aromatic carbocycles. The van der Waals surface area contributed by atoms with Crippen LogP contribution in [0.2, 0.25) is 5.02 Å². The van der Waals surface area contributed by atoms with Gasteiger partial charge in [0.05, 0.1) is 9.90 Å². The molecule has 0 amide bonds. The summed E-state index contributed by atoms with van der Waals surface area (Å²) in [6, 6.07) is 3.71. The molecular formula is C9H6BrClOS2. The van der Waals surface area contributed by atoms with E-state index in [1.54, 1.807) is 6.07 Å². The summed E-state index contributed by atoms with van der Waals surface area (Å²) in [4.78, 5) is 1.71. The Hall–Kier alpha value is 0.130. The average Bonchev–Trinajstić information content (AvgIpc) is 2.73. The van der Waals surface area contributed by atoms with Crippen molar-refractivity contribution in [2.45, 2.75) is 6.10 Å². The summed E-state index contributed by atoms with van der Waals surface area (Å²) in [5.41, 5.74) is 0. The van der Waals surface area contributed by atoms with E-state index in [2.05, 4.69) is 15.9 Å². The van der Waals surface area contributed by atoms with Gasteiger partial charge < -0.3 is 5.11 Å². The van der Waals surface area contributed by atoms with Crippen molar-refractivity contribution in [3.63, 3.8) is 0 Å². The molecular weight excluding hydrogens is 304 g/mol. The Morgan fingerprint density at radius 2 is 2.21 bits per heavy atom. The van der Waals surface area contributed by atoms with E-state index in [0.717, 1.165) is 14.2 Å². The minimum atomic E-state index is -0.598. The number of hydrogen-bond donors (Lipinski definition) is 1. The summed E-state index contributed by atoms with van der Waals surface area (Å²) in [7, 11) is 0. The van der Waals surface area contributed by atoms with Gasteiger partial charge in [-0.15, -0.1) is 22.7 Å². The number of rotatable bonds is 2. The Bertz CT molecular complexity index is 437. The zero-order valence-corrected chi connectivity index (χ0v) is 10.9. The molecule has 14 heavy (non-hydrogen) atoms. The zero-order chi connectivity index (χ0) is 10.1. The molecule has 2 heterocycles. The van der Waals surface area contributed by atoms with Crippen molar-refractivity contribution in [2.24, 2.45) is 0 Å². The molecule has 5 heteroatoms. The van der Waals surface area contributed by atoms with Crippen molar-refractivity contribution < 1.29 is 5.11 Å². The van der Waals surface area contributed by atoms with Gasteiger partial charge in [0.15, 0.2) is 0 Å². The van der Waals surface area contributed by atoms with Crippen LogP contribution in [0.3, 0.4) is 0 Å². The molecule has 0 fully saturated rings. The van der Waals surface area contributed by atoms with Gasteiger partial charge in [-0.3, -0.25) is 0 Å². The normalized spacial score (nSPS) is 13.1. The Morgan fingerprint density at radius 3 is 2.71 bits per heavy atom. The first-order chi connectivity index (χ1) is 6.68. The van der Waals surface area contributed by atoms with E-state index in [1.807, 2.05) is 16.8 Å². The minimum Gasteiger partial charge on any atom is -0.382 e. The van der Waals surface area contributed by atoms with Crippen LogP contribution in [-0.4, -0.2) is 5.11 Å². The third-order valence-corrected chi connectivity index (χ3v) is 4.91. The van der Waals surface area contributed by atoms with Crippen LogP contribution in [0.4, 0.5) is 0 Å². The second kappa shape index (κ2) is 4.33. The first-order valence-corrected chi connectivity index (χ1v) is 6.76. The third-order valence-electron chi connectivity index (χ3n) is 1.75. The van der Waals surface area contributed by atoms with Crippen molar-refractivity contribution in [1.29, 1.82) is 0 Å². The topological polar surface area (TPSA) is 20.2 Å². The van der Waals surface area contributed by atoms with E-state index < -0.39 is 6.10 Å². The van der Waals surface area contributed by atoms with Crippen molar-refractivity contribution in [1.82, 2.24) is 0 Å². The smallest absolute Gasteiger partial charge is 0.124 e. The zero-order valence-electron chi connectivity index (χ0n) is 6.91. The fraction of sp³-hybridized carbons (Fsp3) is 0.111. The van der Waals surface area contributed by atoms with Crippen LogP contribution in [0.15, 0.2) is 27.4 Å². The Labute approximate surface area is 103 Å². The van der Waals surface area contributed by atoms with E-state index in [0.29, 0.717) is 5.02 Å². The van der Waals surface area contributed by atoms with Crippen LogP contribution in [-0.2, 0) is 0 Å². The van der Waals surface area contributed by atoms with Crippen LogP contribution in [0, 0.1) is 0 Å². The van der Waals surface area contributed by atoms with Crippen LogP contribution >= 0.6 is 50.2 Å². The number of halogens is 2. The van der Waals surface area contributed by atoms with Crippen molar-refractivity contribution in [3.05, 3.63) is 42.1 Å². The fourth-order valence-electron chi connectivity index (χ4n) is 1.10. The van der Waals surface area contributed by atoms with Crippen LogP contribution < -0.4 is 0 Å². The Balaban J connectivity index is 2.33. The quantitative estimate of drug-likeness (QED) is 0.876. The van der Waals surface area contributed by atoms with Gasteiger partial charge in [0.25, 0.3) is 0 Å². The lowest BCUT2D eigenvalue weighted by atomic mass is 10.2. The van der Waals surface area contributed by atoms with Crippen molar-refractivity contribution >= 4 is 50.2 Å². The van der Waals surface area contributed by atoms with Crippen molar-refractivity contribution in [2.75, 3.05) is 0 Å². The maximum Gasteiger partial charge on any atom is 0.124 e. The predicted molar refractivity (Wildman–Crippen MR) is 65.4 cm³/mol. The lowest BCUT2D eigenvalue weighted by molar-refractivity contribution is 0.228. The molecule has 0 aliphatic heterocycles. The maximum absolute atomic E-state index is 9.99. The number of hydrogen-bond acceptors (Lipinski definition) is 3. The lowest BCUT2D eigenvalue weighted by Crippen LogP contribution is -1.93. The van der Waals surface area contributed by atoms with Crippen molar-refractivity contribution in [3.8, 4) is 0 Å². The van der Waals surface area contributed by atoms with E-state index in [1.165, 1.54) is 22.7 Å². The van der Waals surface area contributed by atoms with Gasteiger partial charge in [-0.1, -0.05) is 11.6 Å². The molecule has 0 bridgehead atoms. The minimum absolute atomic E-state index is 0.598. The second-order valence-electron chi connectivity index (χ2n) is 2.70. The maximum atomic E-state index is 9.99. The molecule has 2 aromatic rings. The second-order valence-corrected chi connectivity index (χ2v) is 5.92. The first kappa shape index (κ1) is 10.6.